The lowest BCUT2D eigenvalue weighted by atomic mass is 10.7. The molecule has 0 aromatic heterocycles. The van der Waals surface area contributed by atoms with Crippen LogP contribution < -0.4 is 0 Å². The first-order valence-corrected chi connectivity index (χ1v) is 3.34. The van der Waals surface area contributed by atoms with Gasteiger partial charge in [-0.3, -0.25) is 0 Å². The molecule has 0 heterocycles. The van der Waals surface area contributed by atoms with Crippen LogP contribution in [0.3, 0.4) is 0 Å². The Morgan fingerprint density at radius 1 is 0.909 bits per heavy atom. The molecule has 67 valence electrons. The Balaban J connectivity index is 2.69. The van der Waals surface area contributed by atoms with Gasteiger partial charge in [0, 0.05) is 0 Å². The highest BCUT2D eigenvalue weighted by Gasteiger charge is 1.88. The average molecular weight is 165 g/mol. The molecule has 0 aromatic carbocycles. The minimum absolute atomic E-state index is 0.291. The molecule has 0 aliphatic heterocycles. The molecule has 1 N–H and O–H groups in total. The molecule has 0 amide bonds. The van der Waals surface area contributed by atoms with Crippen molar-refractivity contribution in [3.8, 4) is 0 Å². The maximum absolute atomic E-state index is 9.73. The second-order valence-corrected chi connectivity index (χ2v) is 1.68. The van der Waals surface area contributed by atoms with E-state index in [4.69, 9.17) is 9.84 Å². The fourth-order valence-electron chi connectivity index (χ4n) is 0.461. The fourth-order valence-corrected chi connectivity index (χ4v) is 0.461. The topological polar surface area (TPSA) is 67.8 Å². The lowest BCUT2D eigenvalue weighted by Crippen LogP contribution is -2.09. The third-order valence-corrected chi connectivity index (χ3v) is 0.919. The summed E-state index contributed by atoms with van der Waals surface area (Å²) in [6.07, 6.45) is 0. The van der Waals surface area contributed by atoms with Crippen molar-refractivity contribution in [3.05, 3.63) is 0 Å². The molecule has 1 radical (unpaired) electrons. The Morgan fingerprint density at radius 3 is 2.00 bits per heavy atom. The highest BCUT2D eigenvalue weighted by atomic mass is 16.6. The van der Waals surface area contributed by atoms with Crippen molar-refractivity contribution in [1.82, 2.24) is 0 Å². The third-order valence-electron chi connectivity index (χ3n) is 0.919. The first-order chi connectivity index (χ1) is 5.41. The summed E-state index contributed by atoms with van der Waals surface area (Å²) in [5.41, 5.74) is 0. The van der Waals surface area contributed by atoms with E-state index < -0.39 is 6.79 Å². The van der Waals surface area contributed by atoms with Crippen LogP contribution in [0.25, 0.3) is 0 Å². The quantitative estimate of drug-likeness (QED) is 0.384. The Labute approximate surface area is 65.5 Å². The molecule has 0 rings (SSSR count). The van der Waals surface area contributed by atoms with Gasteiger partial charge in [0.15, 0.2) is 6.79 Å². The molecule has 0 saturated heterocycles. The molecular formula is C6H13O5. The van der Waals surface area contributed by atoms with Crippen LogP contribution >= 0.6 is 0 Å². The van der Waals surface area contributed by atoms with Crippen LogP contribution in [0.2, 0.25) is 0 Å². The maximum atomic E-state index is 9.73. The molecule has 0 unspecified atom stereocenters. The van der Waals surface area contributed by atoms with Crippen LogP contribution in [0, 0.1) is 0 Å². The summed E-state index contributed by atoms with van der Waals surface area (Å²) >= 11 is 0. The molecule has 0 atom stereocenters. The number of ether oxygens (including phenoxy) is 3. The van der Waals surface area contributed by atoms with Gasteiger partial charge in [0.1, 0.15) is 6.79 Å². The van der Waals surface area contributed by atoms with Gasteiger partial charge in [-0.15, -0.1) is 0 Å². The Morgan fingerprint density at radius 2 is 1.45 bits per heavy atom. The van der Waals surface area contributed by atoms with E-state index in [1.807, 2.05) is 0 Å². The molecule has 5 heteroatoms. The van der Waals surface area contributed by atoms with Gasteiger partial charge in [-0.2, -0.15) is 0 Å². The van der Waals surface area contributed by atoms with E-state index in [1.165, 1.54) is 0 Å². The number of aliphatic hydroxyl groups excluding tert-OH is 1. The van der Waals surface area contributed by atoms with E-state index in [0.717, 1.165) is 0 Å². The number of rotatable bonds is 8. The summed E-state index contributed by atoms with van der Waals surface area (Å²) in [5.74, 6) is 0. The zero-order valence-electron chi connectivity index (χ0n) is 6.32. The predicted molar refractivity (Wildman–Crippen MR) is 35.4 cm³/mol. The number of hydrogen-bond acceptors (Lipinski definition) is 4. The van der Waals surface area contributed by atoms with Crippen molar-refractivity contribution >= 4 is 0 Å². The zero-order valence-corrected chi connectivity index (χ0v) is 6.32. The van der Waals surface area contributed by atoms with E-state index in [9.17, 15) is 5.11 Å². The van der Waals surface area contributed by atoms with E-state index >= 15 is 0 Å². The van der Waals surface area contributed by atoms with Crippen LogP contribution in [0.1, 0.15) is 0 Å². The van der Waals surface area contributed by atoms with Crippen LogP contribution in [0.15, 0.2) is 0 Å². The largest absolute Gasteiger partial charge is 0.377 e. The van der Waals surface area contributed by atoms with Gasteiger partial charge in [-0.1, -0.05) is 0 Å². The van der Waals surface area contributed by atoms with E-state index in [2.05, 4.69) is 9.47 Å². The van der Waals surface area contributed by atoms with Crippen LogP contribution in [-0.2, 0) is 19.3 Å². The summed E-state index contributed by atoms with van der Waals surface area (Å²) in [7, 11) is 0. The SMILES string of the molecule is [O]COCCOCCOCO. The lowest BCUT2D eigenvalue weighted by molar-refractivity contribution is -0.0718. The summed E-state index contributed by atoms with van der Waals surface area (Å²) in [6, 6.07) is 0. The van der Waals surface area contributed by atoms with Crippen molar-refractivity contribution in [1.29, 1.82) is 0 Å². The number of hydrogen-bond donors (Lipinski definition) is 1. The van der Waals surface area contributed by atoms with Gasteiger partial charge in [0.2, 0.25) is 0 Å². The van der Waals surface area contributed by atoms with E-state index in [-0.39, 0.29) is 6.79 Å². The van der Waals surface area contributed by atoms with E-state index in [0.29, 0.717) is 26.4 Å². The molecule has 11 heavy (non-hydrogen) atoms. The molecule has 5 nitrogen and oxygen atoms in total. The number of aliphatic hydroxyl groups is 1. The molecule has 0 aliphatic carbocycles. The van der Waals surface area contributed by atoms with Crippen molar-refractivity contribution in [2.75, 3.05) is 40.0 Å². The van der Waals surface area contributed by atoms with Crippen molar-refractivity contribution in [3.63, 3.8) is 0 Å². The molecule has 0 saturated carbocycles. The van der Waals surface area contributed by atoms with Crippen LogP contribution in [0.5, 0.6) is 0 Å². The summed E-state index contributed by atoms with van der Waals surface area (Å²) < 4.78 is 14.0. The lowest BCUT2D eigenvalue weighted by Gasteiger charge is -2.02. The minimum Gasteiger partial charge on any atom is -0.377 e. The second kappa shape index (κ2) is 9.80. The standard InChI is InChI=1S/C6H13O5/c7-5-10-3-1-9-2-4-11-6-8/h7H,1-6H2. The van der Waals surface area contributed by atoms with E-state index in [1.54, 1.807) is 0 Å². The molecule has 0 aliphatic rings. The molecule has 0 fully saturated rings. The smallest absolute Gasteiger partial charge is 0.180 e. The predicted octanol–water partition coefficient (Wildman–Crippen LogP) is -0.626. The maximum Gasteiger partial charge on any atom is 0.180 e. The fraction of sp³-hybridized carbons (Fsp3) is 1.00. The van der Waals surface area contributed by atoms with Gasteiger partial charge in [-0.25, -0.2) is 5.11 Å². The second-order valence-electron chi connectivity index (χ2n) is 1.68. The summed E-state index contributed by atoms with van der Waals surface area (Å²) in [4.78, 5) is 0. The molecular weight excluding hydrogens is 152 g/mol. The highest BCUT2D eigenvalue weighted by molar-refractivity contribution is 4.29. The normalized spacial score (nSPS) is 10.4. The van der Waals surface area contributed by atoms with Gasteiger partial charge in [0.25, 0.3) is 0 Å². The van der Waals surface area contributed by atoms with Crippen LogP contribution in [-0.4, -0.2) is 45.1 Å². The Kier molecular flexibility index (Phi) is 9.62. The minimum atomic E-state index is -0.531. The zero-order chi connectivity index (χ0) is 8.36. The molecule has 0 aromatic rings. The van der Waals surface area contributed by atoms with Crippen molar-refractivity contribution < 1.29 is 24.4 Å². The monoisotopic (exact) mass is 165 g/mol. The average Bonchev–Trinajstić information content (AvgIpc) is 2.03. The van der Waals surface area contributed by atoms with Crippen LogP contribution in [0.4, 0.5) is 0 Å². The first-order valence-electron chi connectivity index (χ1n) is 3.34. The Bertz CT molecular complexity index is 60.0. The van der Waals surface area contributed by atoms with Gasteiger partial charge in [0.05, 0.1) is 26.4 Å². The Hall–Kier alpha value is -0.200. The van der Waals surface area contributed by atoms with Gasteiger partial charge < -0.3 is 19.3 Å². The molecule has 0 bridgehead atoms. The van der Waals surface area contributed by atoms with Gasteiger partial charge in [-0.05, 0) is 0 Å². The summed E-state index contributed by atoms with van der Waals surface area (Å²) in [6.45, 7) is 0.632. The van der Waals surface area contributed by atoms with Crippen molar-refractivity contribution in [2.45, 2.75) is 0 Å². The summed E-state index contributed by atoms with van der Waals surface area (Å²) in [5, 5.41) is 17.9. The third kappa shape index (κ3) is 9.80. The van der Waals surface area contributed by atoms with Gasteiger partial charge >= 0.3 is 0 Å². The highest BCUT2D eigenvalue weighted by Crippen LogP contribution is 1.78. The molecule has 0 spiro atoms. The van der Waals surface area contributed by atoms with Crippen molar-refractivity contribution in [2.24, 2.45) is 0 Å². The first kappa shape index (κ1) is 10.8.